The maximum atomic E-state index is 6.23. The van der Waals surface area contributed by atoms with E-state index < -0.39 is 0 Å². The Morgan fingerprint density at radius 1 is 1.21 bits per heavy atom. The van der Waals surface area contributed by atoms with Crippen LogP contribution >= 0.6 is 11.6 Å². The number of rotatable bonds is 2. The van der Waals surface area contributed by atoms with Gasteiger partial charge in [-0.2, -0.15) is 0 Å². The van der Waals surface area contributed by atoms with Crippen molar-refractivity contribution in [3.8, 4) is 0 Å². The fourth-order valence-corrected chi connectivity index (χ4v) is 2.80. The van der Waals surface area contributed by atoms with E-state index in [1.54, 1.807) is 0 Å². The van der Waals surface area contributed by atoms with E-state index >= 15 is 0 Å². The van der Waals surface area contributed by atoms with E-state index in [1.807, 2.05) is 19.2 Å². The summed E-state index contributed by atoms with van der Waals surface area (Å²) in [6, 6.07) is 8.18. The quantitative estimate of drug-likeness (QED) is 0.788. The van der Waals surface area contributed by atoms with Crippen molar-refractivity contribution >= 4 is 11.6 Å². The van der Waals surface area contributed by atoms with Crippen LogP contribution in [0.4, 0.5) is 0 Å². The van der Waals surface area contributed by atoms with Gasteiger partial charge < -0.3 is 5.32 Å². The Kier molecular flexibility index (Phi) is 2.80. The lowest BCUT2D eigenvalue weighted by atomic mass is 9.88. The number of nitrogens with one attached hydrogen (secondary N) is 1. The lowest BCUT2D eigenvalue weighted by Crippen LogP contribution is -2.37. The van der Waals surface area contributed by atoms with Crippen LogP contribution in [0.2, 0.25) is 5.02 Å². The minimum absolute atomic E-state index is 0.137. The molecular formula is C12H16ClN. The molecule has 1 aliphatic rings. The Morgan fingerprint density at radius 3 is 2.43 bits per heavy atom. The SMILES string of the molecule is CNC1(c2ccccc2Cl)CCCC1. The van der Waals surface area contributed by atoms with Crippen LogP contribution in [0.25, 0.3) is 0 Å². The van der Waals surface area contributed by atoms with Crippen LogP contribution in [0.3, 0.4) is 0 Å². The molecule has 0 aliphatic heterocycles. The van der Waals surface area contributed by atoms with E-state index in [-0.39, 0.29) is 5.54 Å². The van der Waals surface area contributed by atoms with Crippen molar-refractivity contribution in [2.45, 2.75) is 31.2 Å². The summed E-state index contributed by atoms with van der Waals surface area (Å²) in [4.78, 5) is 0. The summed E-state index contributed by atoms with van der Waals surface area (Å²) in [6.07, 6.45) is 5.00. The molecule has 1 nitrogen and oxygen atoms in total. The molecule has 0 bridgehead atoms. The lowest BCUT2D eigenvalue weighted by Gasteiger charge is -2.30. The standard InChI is InChI=1S/C12H16ClN/c1-14-12(8-4-5-9-12)10-6-2-3-7-11(10)13/h2-3,6-7,14H,4-5,8-9H2,1H3. The summed E-state index contributed by atoms with van der Waals surface area (Å²) >= 11 is 6.23. The average Bonchev–Trinajstić information content (AvgIpc) is 2.68. The molecule has 1 N–H and O–H groups in total. The molecule has 1 aliphatic carbocycles. The summed E-state index contributed by atoms with van der Waals surface area (Å²) in [5.41, 5.74) is 1.40. The van der Waals surface area contributed by atoms with E-state index in [9.17, 15) is 0 Å². The van der Waals surface area contributed by atoms with Gasteiger partial charge >= 0.3 is 0 Å². The van der Waals surface area contributed by atoms with Crippen molar-refractivity contribution in [3.63, 3.8) is 0 Å². The third-order valence-electron chi connectivity index (χ3n) is 3.33. The molecule has 0 unspecified atom stereocenters. The fraction of sp³-hybridized carbons (Fsp3) is 0.500. The molecule has 1 fully saturated rings. The van der Waals surface area contributed by atoms with Crippen LogP contribution in [0.15, 0.2) is 24.3 Å². The van der Waals surface area contributed by atoms with E-state index in [4.69, 9.17) is 11.6 Å². The van der Waals surface area contributed by atoms with E-state index in [2.05, 4.69) is 17.4 Å². The fourth-order valence-electron chi connectivity index (χ4n) is 2.48. The Balaban J connectivity index is 2.41. The monoisotopic (exact) mass is 209 g/mol. The van der Waals surface area contributed by atoms with Gasteiger partial charge in [0.1, 0.15) is 0 Å². The first-order valence-electron chi connectivity index (χ1n) is 5.22. The van der Waals surface area contributed by atoms with Crippen molar-refractivity contribution in [1.82, 2.24) is 5.32 Å². The molecule has 0 amide bonds. The number of benzene rings is 1. The normalized spacial score (nSPS) is 19.9. The van der Waals surface area contributed by atoms with Gasteiger partial charge in [0.2, 0.25) is 0 Å². The van der Waals surface area contributed by atoms with Gasteiger partial charge in [-0.25, -0.2) is 0 Å². The highest BCUT2D eigenvalue weighted by Crippen LogP contribution is 2.41. The Bertz CT molecular complexity index is 316. The summed E-state index contributed by atoms with van der Waals surface area (Å²) < 4.78 is 0. The second-order valence-corrected chi connectivity index (χ2v) is 4.43. The molecule has 2 rings (SSSR count). The number of hydrogen-bond acceptors (Lipinski definition) is 1. The second kappa shape index (κ2) is 3.92. The molecule has 1 aromatic carbocycles. The van der Waals surface area contributed by atoms with E-state index in [0.717, 1.165) is 5.02 Å². The minimum atomic E-state index is 0.137. The molecule has 2 heteroatoms. The van der Waals surface area contributed by atoms with E-state index in [0.29, 0.717) is 0 Å². The van der Waals surface area contributed by atoms with Crippen molar-refractivity contribution < 1.29 is 0 Å². The average molecular weight is 210 g/mol. The highest BCUT2D eigenvalue weighted by atomic mass is 35.5. The maximum Gasteiger partial charge on any atom is 0.0456 e. The van der Waals surface area contributed by atoms with Gasteiger partial charge in [0.25, 0.3) is 0 Å². The first kappa shape index (κ1) is 10.0. The van der Waals surface area contributed by atoms with Gasteiger partial charge in [-0.1, -0.05) is 42.6 Å². The van der Waals surface area contributed by atoms with Gasteiger partial charge in [0, 0.05) is 10.6 Å². The van der Waals surface area contributed by atoms with Crippen molar-refractivity contribution in [2.75, 3.05) is 7.05 Å². The molecule has 1 saturated carbocycles. The Hall–Kier alpha value is -0.530. The van der Waals surface area contributed by atoms with Crippen LogP contribution < -0.4 is 5.32 Å². The van der Waals surface area contributed by atoms with Gasteiger partial charge in [0.05, 0.1) is 0 Å². The second-order valence-electron chi connectivity index (χ2n) is 4.02. The highest BCUT2D eigenvalue weighted by Gasteiger charge is 2.35. The smallest absolute Gasteiger partial charge is 0.0456 e. The molecule has 76 valence electrons. The number of hydrogen-bond donors (Lipinski definition) is 1. The van der Waals surface area contributed by atoms with E-state index in [1.165, 1.54) is 31.2 Å². The molecule has 14 heavy (non-hydrogen) atoms. The Morgan fingerprint density at radius 2 is 1.86 bits per heavy atom. The van der Waals surface area contributed by atoms with Gasteiger partial charge in [-0.05, 0) is 31.5 Å². The van der Waals surface area contributed by atoms with Gasteiger partial charge in [-0.15, -0.1) is 0 Å². The Labute approximate surface area is 90.5 Å². The molecule has 0 saturated heterocycles. The lowest BCUT2D eigenvalue weighted by molar-refractivity contribution is 0.373. The zero-order chi connectivity index (χ0) is 10.0. The van der Waals surface area contributed by atoms with Gasteiger partial charge in [-0.3, -0.25) is 0 Å². The van der Waals surface area contributed by atoms with Crippen LogP contribution in [0.1, 0.15) is 31.2 Å². The highest BCUT2D eigenvalue weighted by molar-refractivity contribution is 6.31. The predicted octanol–water partition coefficient (Wildman–Crippen LogP) is 3.33. The largest absolute Gasteiger partial charge is 0.310 e. The third kappa shape index (κ3) is 1.55. The summed E-state index contributed by atoms with van der Waals surface area (Å²) in [5.74, 6) is 0. The van der Waals surface area contributed by atoms with Crippen LogP contribution in [-0.4, -0.2) is 7.05 Å². The van der Waals surface area contributed by atoms with Gasteiger partial charge in [0.15, 0.2) is 0 Å². The zero-order valence-corrected chi connectivity index (χ0v) is 9.27. The van der Waals surface area contributed by atoms with Crippen molar-refractivity contribution in [3.05, 3.63) is 34.9 Å². The minimum Gasteiger partial charge on any atom is -0.310 e. The zero-order valence-electron chi connectivity index (χ0n) is 8.52. The van der Waals surface area contributed by atoms with Crippen LogP contribution in [-0.2, 0) is 5.54 Å². The summed E-state index contributed by atoms with van der Waals surface area (Å²) in [7, 11) is 2.04. The maximum absolute atomic E-state index is 6.23. The first-order valence-corrected chi connectivity index (χ1v) is 5.60. The molecule has 0 aromatic heterocycles. The molecule has 0 heterocycles. The van der Waals surface area contributed by atoms with Crippen molar-refractivity contribution in [2.24, 2.45) is 0 Å². The van der Waals surface area contributed by atoms with Crippen LogP contribution in [0, 0.1) is 0 Å². The summed E-state index contributed by atoms with van der Waals surface area (Å²) in [6.45, 7) is 0. The van der Waals surface area contributed by atoms with Crippen LogP contribution in [0.5, 0.6) is 0 Å². The first-order chi connectivity index (χ1) is 6.78. The molecular weight excluding hydrogens is 194 g/mol. The molecule has 0 spiro atoms. The topological polar surface area (TPSA) is 12.0 Å². The van der Waals surface area contributed by atoms with Crippen molar-refractivity contribution in [1.29, 1.82) is 0 Å². The molecule has 0 radical (unpaired) electrons. The predicted molar refractivity (Wildman–Crippen MR) is 60.7 cm³/mol. The number of halogens is 1. The molecule has 1 aromatic rings. The summed E-state index contributed by atoms with van der Waals surface area (Å²) in [5, 5.41) is 4.34. The third-order valence-corrected chi connectivity index (χ3v) is 3.65. The molecule has 0 atom stereocenters.